The van der Waals surface area contributed by atoms with Crippen molar-refractivity contribution in [2.45, 2.75) is 6.54 Å². The normalized spacial score (nSPS) is 12.0. The molecule has 94 valence electrons. The number of nitrogens with one attached hydrogen (secondary N) is 2. The highest BCUT2D eigenvalue weighted by atomic mass is 32.2. The van der Waals surface area contributed by atoms with Crippen LogP contribution in [0.25, 0.3) is 6.08 Å². The maximum atomic E-state index is 11.6. The highest BCUT2D eigenvalue weighted by Crippen LogP contribution is 2.02. The van der Waals surface area contributed by atoms with Crippen LogP contribution in [0.5, 0.6) is 0 Å². The minimum atomic E-state index is -3.47. The van der Waals surface area contributed by atoms with Gasteiger partial charge in [0, 0.05) is 5.41 Å². The molecule has 7 heteroatoms. The van der Waals surface area contributed by atoms with Crippen LogP contribution >= 0.6 is 0 Å². The Kier molecular flexibility index (Phi) is 3.85. The predicted octanol–water partition coefficient (Wildman–Crippen LogP) is 0.895. The number of aromatic nitrogens is 3. The molecule has 6 nitrogen and oxygen atoms in total. The zero-order chi connectivity index (χ0) is 12.8. The summed E-state index contributed by atoms with van der Waals surface area (Å²) in [5, 5.41) is 7.32. The van der Waals surface area contributed by atoms with Gasteiger partial charge in [0.25, 0.3) is 0 Å². The molecular formula is C11H12N4O2S. The second-order valence-corrected chi connectivity index (χ2v) is 5.16. The molecule has 1 aromatic heterocycles. The zero-order valence-electron chi connectivity index (χ0n) is 9.45. The molecule has 0 bridgehead atoms. The average molecular weight is 264 g/mol. The Morgan fingerprint density at radius 1 is 1.28 bits per heavy atom. The van der Waals surface area contributed by atoms with Crippen LogP contribution in [0.1, 0.15) is 11.4 Å². The van der Waals surface area contributed by atoms with Gasteiger partial charge in [-0.25, -0.2) is 18.1 Å². The van der Waals surface area contributed by atoms with Crippen molar-refractivity contribution in [2.24, 2.45) is 0 Å². The molecule has 1 aromatic carbocycles. The summed E-state index contributed by atoms with van der Waals surface area (Å²) >= 11 is 0. The van der Waals surface area contributed by atoms with Crippen LogP contribution in [-0.2, 0) is 16.6 Å². The third kappa shape index (κ3) is 3.79. The van der Waals surface area contributed by atoms with Crippen molar-refractivity contribution in [3.05, 3.63) is 53.5 Å². The lowest BCUT2D eigenvalue weighted by Gasteiger charge is -1.99. The summed E-state index contributed by atoms with van der Waals surface area (Å²) in [4.78, 5) is 3.82. The average Bonchev–Trinajstić information content (AvgIpc) is 2.89. The highest BCUT2D eigenvalue weighted by Gasteiger charge is 2.05. The highest BCUT2D eigenvalue weighted by molar-refractivity contribution is 7.92. The van der Waals surface area contributed by atoms with Crippen molar-refractivity contribution in [1.82, 2.24) is 19.9 Å². The van der Waals surface area contributed by atoms with Crippen LogP contribution in [0.2, 0.25) is 0 Å². The number of rotatable bonds is 5. The molecule has 0 atom stereocenters. The minimum absolute atomic E-state index is 0.0848. The molecule has 0 spiro atoms. The standard InChI is InChI=1S/C11H12N4O2S/c16-18(17,14-8-11-12-9-13-15-11)7-6-10-4-2-1-3-5-10/h1-7,9,14H,8H2,(H,12,13,15)/b7-6+. The molecule has 2 rings (SSSR count). The fraction of sp³-hybridized carbons (Fsp3) is 0.0909. The number of sulfonamides is 1. The maximum Gasteiger partial charge on any atom is 0.234 e. The molecule has 0 aliphatic carbocycles. The van der Waals surface area contributed by atoms with Crippen molar-refractivity contribution in [3.63, 3.8) is 0 Å². The third-order valence-electron chi connectivity index (χ3n) is 2.14. The van der Waals surface area contributed by atoms with Gasteiger partial charge in [0.05, 0.1) is 6.54 Å². The van der Waals surface area contributed by atoms with Crippen molar-refractivity contribution in [1.29, 1.82) is 0 Å². The lowest BCUT2D eigenvalue weighted by atomic mass is 10.2. The lowest BCUT2D eigenvalue weighted by Crippen LogP contribution is -2.21. The van der Waals surface area contributed by atoms with Gasteiger partial charge in [0.2, 0.25) is 10.0 Å². The van der Waals surface area contributed by atoms with Crippen molar-refractivity contribution >= 4 is 16.1 Å². The molecule has 0 unspecified atom stereocenters. The summed E-state index contributed by atoms with van der Waals surface area (Å²) in [6.45, 7) is 0.0848. The fourth-order valence-electron chi connectivity index (χ4n) is 1.27. The van der Waals surface area contributed by atoms with Crippen LogP contribution < -0.4 is 4.72 Å². The Labute approximate surface area is 105 Å². The Balaban J connectivity index is 1.97. The molecule has 0 aliphatic heterocycles. The Morgan fingerprint density at radius 2 is 2.06 bits per heavy atom. The summed E-state index contributed by atoms with van der Waals surface area (Å²) in [7, 11) is -3.47. The smallest absolute Gasteiger partial charge is 0.234 e. The van der Waals surface area contributed by atoms with E-state index in [9.17, 15) is 8.42 Å². The van der Waals surface area contributed by atoms with Gasteiger partial charge in [0.1, 0.15) is 12.2 Å². The number of nitrogens with zero attached hydrogens (tertiary/aromatic N) is 2. The Morgan fingerprint density at radius 3 is 2.72 bits per heavy atom. The molecule has 0 aliphatic rings. The molecule has 0 saturated heterocycles. The van der Waals surface area contributed by atoms with Gasteiger partial charge in [-0.15, -0.1) is 0 Å². The third-order valence-corrected chi connectivity index (χ3v) is 3.19. The van der Waals surface area contributed by atoms with Crippen LogP contribution in [0.4, 0.5) is 0 Å². The van der Waals surface area contributed by atoms with E-state index >= 15 is 0 Å². The van der Waals surface area contributed by atoms with E-state index in [1.807, 2.05) is 30.3 Å². The first kappa shape index (κ1) is 12.5. The summed E-state index contributed by atoms with van der Waals surface area (Å²) in [5.74, 6) is 0.465. The van der Waals surface area contributed by atoms with E-state index in [-0.39, 0.29) is 6.54 Å². The van der Waals surface area contributed by atoms with E-state index < -0.39 is 10.0 Å². The minimum Gasteiger partial charge on any atom is -0.262 e. The number of hydrogen-bond donors (Lipinski definition) is 2. The van der Waals surface area contributed by atoms with Gasteiger partial charge in [0.15, 0.2) is 0 Å². The van der Waals surface area contributed by atoms with Gasteiger partial charge in [-0.1, -0.05) is 30.3 Å². The fourth-order valence-corrected chi connectivity index (χ4v) is 2.04. The van der Waals surface area contributed by atoms with E-state index in [1.54, 1.807) is 0 Å². The zero-order valence-corrected chi connectivity index (χ0v) is 10.3. The number of H-pyrrole nitrogens is 1. The Bertz CT molecular complexity index is 606. The van der Waals surface area contributed by atoms with Crippen molar-refractivity contribution in [3.8, 4) is 0 Å². The van der Waals surface area contributed by atoms with Crippen LogP contribution in [0.15, 0.2) is 42.1 Å². The molecule has 0 fully saturated rings. The second kappa shape index (κ2) is 5.56. The molecule has 2 aromatic rings. The number of aromatic amines is 1. The van der Waals surface area contributed by atoms with Gasteiger partial charge < -0.3 is 0 Å². The molecule has 2 N–H and O–H groups in total. The van der Waals surface area contributed by atoms with Crippen LogP contribution in [0, 0.1) is 0 Å². The largest absolute Gasteiger partial charge is 0.262 e. The van der Waals surface area contributed by atoms with Crippen LogP contribution in [0.3, 0.4) is 0 Å². The molecule has 18 heavy (non-hydrogen) atoms. The van der Waals surface area contributed by atoms with E-state index in [0.717, 1.165) is 11.0 Å². The monoisotopic (exact) mass is 264 g/mol. The van der Waals surface area contributed by atoms with E-state index in [4.69, 9.17) is 0 Å². The van der Waals surface area contributed by atoms with E-state index in [1.165, 1.54) is 12.4 Å². The second-order valence-electron chi connectivity index (χ2n) is 3.51. The topological polar surface area (TPSA) is 87.7 Å². The van der Waals surface area contributed by atoms with E-state index in [0.29, 0.717) is 5.82 Å². The summed E-state index contributed by atoms with van der Waals surface area (Å²) in [6, 6.07) is 9.20. The first-order valence-electron chi connectivity index (χ1n) is 5.23. The number of hydrogen-bond acceptors (Lipinski definition) is 4. The van der Waals surface area contributed by atoms with Gasteiger partial charge >= 0.3 is 0 Å². The Hall–Kier alpha value is -1.99. The molecule has 1 heterocycles. The number of benzene rings is 1. The van der Waals surface area contributed by atoms with Crippen molar-refractivity contribution < 1.29 is 8.42 Å². The predicted molar refractivity (Wildman–Crippen MR) is 67.6 cm³/mol. The summed E-state index contributed by atoms with van der Waals surface area (Å²) in [5.41, 5.74) is 0.822. The first-order valence-corrected chi connectivity index (χ1v) is 6.77. The first-order chi connectivity index (χ1) is 8.66. The maximum absolute atomic E-state index is 11.6. The molecule has 0 amide bonds. The SMILES string of the molecule is O=S(=O)(/C=C/c1ccccc1)NCc1ncn[nH]1. The van der Waals surface area contributed by atoms with Gasteiger partial charge in [-0.05, 0) is 11.6 Å². The quantitative estimate of drug-likeness (QED) is 0.839. The van der Waals surface area contributed by atoms with E-state index in [2.05, 4.69) is 19.9 Å². The van der Waals surface area contributed by atoms with Crippen molar-refractivity contribution in [2.75, 3.05) is 0 Å². The lowest BCUT2D eigenvalue weighted by molar-refractivity contribution is 0.589. The van der Waals surface area contributed by atoms with Gasteiger partial charge in [-0.3, -0.25) is 5.10 Å². The molecule has 0 saturated carbocycles. The van der Waals surface area contributed by atoms with Crippen LogP contribution in [-0.4, -0.2) is 23.6 Å². The van der Waals surface area contributed by atoms with Gasteiger partial charge in [-0.2, -0.15) is 5.10 Å². The summed E-state index contributed by atoms with van der Waals surface area (Å²) < 4.78 is 25.7. The molecular weight excluding hydrogens is 252 g/mol. The molecule has 0 radical (unpaired) electrons. The summed E-state index contributed by atoms with van der Waals surface area (Å²) in [6.07, 6.45) is 2.85.